The van der Waals surface area contributed by atoms with Crippen molar-refractivity contribution in [3.63, 3.8) is 0 Å². The van der Waals surface area contributed by atoms with Crippen LogP contribution < -0.4 is 0 Å². The van der Waals surface area contributed by atoms with Crippen molar-refractivity contribution < 1.29 is 0 Å². The molecule has 0 amide bonds. The monoisotopic (exact) mass is 184 g/mol. The first-order valence-corrected chi connectivity index (χ1v) is 4.43. The zero-order valence-corrected chi connectivity index (χ0v) is 9.07. The summed E-state index contributed by atoms with van der Waals surface area (Å²) in [5.41, 5.74) is 1.34. The van der Waals surface area contributed by atoms with Crippen molar-refractivity contribution in [2.45, 2.75) is 27.7 Å². The second-order valence-corrected chi connectivity index (χ2v) is 4.22. The van der Waals surface area contributed by atoms with E-state index in [2.05, 4.69) is 34.3 Å². The largest absolute Gasteiger partial charge is 0.0991 e. The van der Waals surface area contributed by atoms with Crippen LogP contribution in [0.1, 0.15) is 27.7 Å². The Hall–Kier alpha value is -0.490. The van der Waals surface area contributed by atoms with Gasteiger partial charge in [-0.05, 0) is 24.0 Å². The first kappa shape index (κ1) is 11.5. The molecular formula is C11H17Cl. The maximum atomic E-state index is 6.04. The van der Waals surface area contributed by atoms with E-state index in [1.54, 1.807) is 6.08 Å². The van der Waals surface area contributed by atoms with E-state index in [9.17, 15) is 0 Å². The highest BCUT2D eigenvalue weighted by molar-refractivity contribution is 6.31. The zero-order chi connectivity index (χ0) is 9.78. The molecule has 0 radical (unpaired) electrons. The summed E-state index contributed by atoms with van der Waals surface area (Å²) in [7, 11) is 0. The van der Waals surface area contributed by atoms with Gasteiger partial charge in [0.2, 0.25) is 0 Å². The van der Waals surface area contributed by atoms with Crippen LogP contribution >= 0.6 is 11.6 Å². The molecule has 68 valence electrons. The molecule has 0 bridgehead atoms. The lowest BCUT2D eigenvalue weighted by atomic mass is 9.87. The van der Waals surface area contributed by atoms with Gasteiger partial charge in [-0.25, -0.2) is 0 Å². The first-order valence-electron chi connectivity index (χ1n) is 4.05. The van der Waals surface area contributed by atoms with Crippen LogP contribution in [0.3, 0.4) is 0 Å². The van der Waals surface area contributed by atoms with Crippen molar-refractivity contribution in [3.8, 4) is 0 Å². The molecule has 0 rings (SSSR count). The number of hydrogen-bond donors (Lipinski definition) is 0. The van der Waals surface area contributed by atoms with E-state index in [-0.39, 0.29) is 5.41 Å². The Labute approximate surface area is 80.6 Å². The molecule has 0 heterocycles. The molecule has 12 heavy (non-hydrogen) atoms. The van der Waals surface area contributed by atoms with Gasteiger partial charge in [0.15, 0.2) is 0 Å². The lowest BCUT2D eigenvalue weighted by Gasteiger charge is -2.20. The number of rotatable bonds is 2. The van der Waals surface area contributed by atoms with Gasteiger partial charge in [0.05, 0.1) is 0 Å². The summed E-state index contributed by atoms with van der Waals surface area (Å²) in [6.07, 6.45) is 5.44. The second-order valence-electron chi connectivity index (χ2n) is 3.82. The predicted molar refractivity (Wildman–Crippen MR) is 57.3 cm³/mol. The average molecular weight is 185 g/mol. The van der Waals surface area contributed by atoms with Crippen LogP contribution in [0.15, 0.2) is 35.4 Å². The summed E-state index contributed by atoms with van der Waals surface area (Å²) in [4.78, 5) is 0. The number of hydrogen-bond acceptors (Lipinski definition) is 0. The topological polar surface area (TPSA) is 0 Å². The summed E-state index contributed by atoms with van der Waals surface area (Å²) in [6.45, 7) is 12.1. The zero-order valence-electron chi connectivity index (χ0n) is 8.32. The van der Waals surface area contributed by atoms with E-state index in [1.165, 1.54) is 5.57 Å². The molecule has 0 atom stereocenters. The van der Waals surface area contributed by atoms with E-state index < -0.39 is 0 Å². The van der Waals surface area contributed by atoms with Gasteiger partial charge in [0, 0.05) is 5.03 Å². The quantitative estimate of drug-likeness (QED) is 0.562. The number of halogens is 1. The summed E-state index contributed by atoms with van der Waals surface area (Å²) in [5.74, 6) is 0. The third kappa shape index (κ3) is 3.77. The van der Waals surface area contributed by atoms with Gasteiger partial charge in [-0.15, -0.1) is 0 Å². The van der Waals surface area contributed by atoms with E-state index in [0.29, 0.717) is 0 Å². The van der Waals surface area contributed by atoms with Crippen molar-refractivity contribution >= 4 is 11.6 Å². The van der Waals surface area contributed by atoms with Gasteiger partial charge < -0.3 is 0 Å². The van der Waals surface area contributed by atoms with Crippen LogP contribution in [0.5, 0.6) is 0 Å². The Balaban J connectivity index is 4.69. The highest BCUT2D eigenvalue weighted by Gasteiger charge is 2.14. The SMILES string of the molecule is C=CC=CC(Cl)=C(C)C(C)(C)C. The molecule has 0 aliphatic carbocycles. The average Bonchev–Trinajstić information content (AvgIpc) is 1.97. The fourth-order valence-electron chi connectivity index (χ4n) is 0.636. The van der Waals surface area contributed by atoms with Crippen LogP contribution in [0.2, 0.25) is 0 Å². The Bertz CT molecular complexity index is 214. The molecule has 0 nitrogen and oxygen atoms in total. The maximum absolute atomic E-state index is 6.04. The third-order valence-electron chi connectivity index (χ3n) is 1.86. The van der Waals surface area contributed by atoms with Gasteiger partial charge in [-0.3, -0.25) is 0 Å². The fourth-order valence-corrected chi connectivity index (χ4v) is 0.992. The van der Waals surface area contributed by atoms with E-state index in [1.807, 2.05) is 12.2 Å². The van der Waals surface area contributed by atoms with Crippen LogP contribution in [-0.4, -0.2) is 0 Å². The summed E-state index contributed by atoms with van der Waals surface area (Å²) >= 11 is 6.04. The minimum Gasteiger partial charge on any atom is -0.0991 e. The summed E-state index contributed by atoms with van der Waals surface area (Å²) < 4.78 is 0. The maximum Gasteiger partial charge on any atom is 0.0400 e. The van der Waals surface area contributed by atoms with Crippen LogP contribution in [0.4, 0.5) is 0 Å². The van der Waals surface area contributed by atoms with Crippen LogP contribution in [-0.2, 0) is 0 Å². The fraction of sp³-hybridized carbons (Fsp3) is 0.455. The molecule has 0 aromatic heterocycles. The highest BCUT2D eigenvalue weighted by atomic mass is 35.5. The van der Waals surface area contributed by atoms with Crippen molar-refractivity contribution in [1.82, 2.24) is 0 Å². The Morgan fingerprint density at radius 1 is 1.33 bits per heavy atom. The molecule has 0 aliphatic heterocycles. The lowest BCUT2D eigenvalue weighted by molar-refractivity contribution is 0.503. The normalized spacial score (nSPS) is 14.8. The molecule has 0 N–H and O–H groups in total. The minimum atomic E-state index is 0.141. The molecule has 0 unspecified atom stereocenters. The molecule has 0 aliphatic rings. The lowest BCUT2D eigenvalue weighted by Crippen LogP contribution is -2.07. The third-order valence-corrected chi connectivity index (χ3v) is 2.27. The van der Waals surface area contributed by atoms with E-state index in [0.717, 1.165) is 5.03 Å². The molecule has 0 aromatic rings. The molecule has 0 saturated heterocycles. The molecule has 0 saturated carbocycles. The second kappa shape index (κ2) is 4.51. The van der Waals surface area contributed by atoms with Crippen molar-refractivity contribution in [1.29, 1.82) is 0 Å². The van der Waals surface area contributed by atoms with Crippen molar-refractivity contribution in [2.24, 2.45) is 5.41 Å². The Morgan fingerprint density at radius 2 is 1.83 bits per heavy atom. The van der Waals surface area contributed by atoms with E-state index in [4.69, 9.17) is 11.6 Å². The van der Waals surface area contributed by atoms with Crippen molar-refractivity contribution in [3.05, 3.63) is 35.4 Å². The summed E-state index contributed by atoms with van der Waals surface area (Å²) in [5, 5.41) is 0.808. The van der Waals surface area contributed by atoms with Gasteiger partial charge in [0.1, 0.15) is 0 Å². The van der Waals surface area contributed by atoms with Crippen molar-refractivity contribution in [2.75, 3.05) is 0 Å². The smallest absolute Gasteiger partial charge is 0.0400 e. The predicted octanol–water partition coefficient (Wildman–Crippen LogP) is 4.29. The van der Waals surface area contributed by atoms with Crippen LogP contribution in [0.25, 0.3) is 0 Å². The Kier molecular flexibility index (Phi) is 4.33. The molecule has 1 heteroatoms. The van der Waals surface area contributed by atoms with E-state index >= 15 is 0 Å². The molecule has 0 fully saturated rings. The molecule has 0 aromatic carbocycles. The number of allylic oxidation sites excluding steroid dienone is 5. The molecular weight excluding hydrogens is 168 g/mol. The van der Waals surface area contributed by atoms with Crippen LogP contribution in [0, 0.1) is 5.41 Å². The first-order chi connectivity index (χ1) is 5.39. The minimum absolute atomic E-state index is 0.141. The van der Waals surface area contributed by atoms with Gasteiger partial charge in [-0.1, -0.05) is 51.1 Å². The molecule has 0 spiro atoms. The van der Waals surface area contributed by atoms with Gasteiger partial charge in [0.25, 0.3) is 0 Å². The standard InChI is InChI=1S/C11H17Cl/c1-6-7-8-10(12)9(2)11(3,4)5/h6-8H,1H2,2-5H3. The van der Waals surface area contributed by atoms with Gasteiger partial charge >= 0.3 is 0 Å². The van der Waals surface area contributed by atoms with Gasteiger partial charge in [-0.2, -0.15) is 0 Å². The highest BCUT2D eigenvalue weighted by Crippen LogP contribution is 2.29. The summed E-state index contributed by atoms with van der Waals surface area (Å²) in [6, 6.07) is 0. The Morgan fingerprint density at radius 3 is 2.17 bits per heavy atom.